The molecule has 0 N–H and O–H groups in total. The van der Waals surface area contributed by atoms with Crippen LogP contribution >= 0.6 is 15.9 Å². The number of ether oxygens (including phenoxy) is 1. The summed E-state index contributed by atoms with van der Waals surface area (Å²) < 4.78 is 6.72. The first-order chi connectivity index (χ1) is 8.83. The topological polar surface area (TPSA) is 22.1 Å². The van der Waals surface area contributed by atoms with Gasteiger partial charge < -0.3 is 4.74 Å². The molecule has 18 heavy (non-hydrogen) atoms. The molecule has 1 aliphatic carbocycles. The molecule has 1 aromatic carbocycles. The zero-order valence-corrected chi connectivity index (χ0v) is 11.5. The van der Waals surface area contributed by atoms with Crippen molar-refractivity contribution in [2.75, 3.05) is 6.61 Å². The van der Waals surface area contributed by atoms with Crippen LogP contribution in [0.15, 0.2) is 53.3 Å². The van der Waals surface area contributed by atoms with Crippen LogP contribution in [-0.4, -0.2) is 11.6 Å². The highest BCUT2D eigenvalue weighted by atomic mass is 79.9. The van der Waals surface area contributed by atoms with Crippen LogP contribution in [0.1, 0.15) is 17.9 Å². The minimum atomic E-state index is 0.645. The number of hydrogen-bond acceptors (Lipinski definition) is 2. The zero-order chi connectivity index (χ0) is 12.4. The van der Waals surface area contributed by atoms with Crippen LogP contribution < -0.4 is 4.74 Å². The van der Waals surface area contributed by atoms with Gasteiger partial charge in [-0.05, 0) is 39.9 Å². The second-order valence-electron chi connectivity index (χ2n) is 4.66. The zero-order valence-electron chi connectivity index (χ0n) is 9.92. The van der Waals surface area contributed by atoms with Crippen molar-refractivity contribution in [1.82, 2.24) is 4.98 Å². The van der Waals surface area contributed by atoms with Gasteiger partial charge in [0.25, 0.3) is 0 Å². The maximum atomic E-state index is 5.77. The van der Waals surface area contributed by atoms with Crippen LogP contribution in [0.2, 0.25) is 0 Å². The molecule has 1 fully saturated rings. The van der Waals surface area contributed by atoms with Crippen molar-refractivity contribution in [3.05, 3.63) is 58.8 Å². The van der Waals surface area contributed by atoms with E-state index in [9.17, 15) is 0 Å². The van der Waals surface area contributed by atoms with Gasteiger partial charge in [0, 0.05) is 16.6 Å². The predicted octanol–water partition coefficient (Wildman–Crippen LogP) is 4.03. The predicted molar refractivity (Wildman–Crippen MR) is 74.7 cm³/mol. The molecule has 1 heterocycles. The van der Waals surface area contributed by atoms with Gasteiger partial charge in [0.15, 0.2) is 0 Å². The first-order valence-electron chi connectivity index (χ1n) is 6.11. The van der Waals surface area contributed by atoms with E-state index in [2.05, 4.69) is 51.2 Å². The molecule has 2 atom stereocenters. The lowest BCUT2D eigenvalue weighted by atomic mass is 10.1. The van der Waals surface area contributed by atoms with E-state index in [0.717, 1.165) is 16.8 Å². The van der Waals surface area contributed by atoms with Crippen LogP contribution in [0.5, 0.6) is 5.75 Å². The van der Waals surface area contributed by atoms with Gasteiger partial charge in [0.1, 0.15) is 5.75 Å². The van der Waals surface area contributed by atoms with Crippen molar-refractivity contribution < 1.29 is 4.74 Å². The lowest BCUT2D eigenvalue weighted by Crippen LogP contribution is -2.01. The number of benzene rings is 1. The summed E-state index contributed by atoms with van der Waals surface area (Å²) in [5.41, 5.74) is 1.43. The molecule has 2 nitrogen and oxygen atoms in total. The Morgan fingerprint density at radius 1 is 1.22 bits per heavy atom. The summed E-state index contributed by atoms with van der Waals surface area (Å²) >= 11 is 3.39. The third-order valence-corrected chi connectivity index (χ3v) is 3.73. The number of aromatic nitrogens is 1. The Hall–Kier alpha value is -1.35. The Labute approximate surface area is 115 Å². The third-order valence-electron chi connectivity index (χ3n) is 3.29. The van der Waals surface area contributed by atoms with E-state index in [0.29, 0.717) is 11.8 Å². The fourth-order valence-electron chi connectivity index (χ4n) is 2.21. The van der Waals surface area contributed by atoms with E-state index in [-0.39, 0.29) is 0 Å². The second kappa shape index (κ2) is 5.11. The molecule has 0 spiro atoms. The monoisotopic (exact) mass is 303 g/mol. The first kappa shape index (κ1) is 11.7. The standard InChI is InChI=1S/C15H14BrNO/c16-13-7-14(9-17-8-13)18-10-12-6-15(12)11-4-2-1-3-5-11/h1-5,7-9,12,15H,6,10H2/t12-,15-/m0/s1. The summed E-state index contributed by atoms with van der Waals surface area (Å²) in [7, 11) is 0. The van der Waals surface area contributed by atoms with E-state index >= 15 is 0 Å². The van der Waals surface area contributed by atoms with E-state index in [1.807, 2.05) is 6.07 Å². The second-order valence-corrected chi connectivity index (χ2v) is 5.58. The molecule has 1 aliphatic rings. The number of rotatable bonds is 4. The third kappa shape index (κ3) is 2.72. The lowest BCUT2D eigenvalue weighted by molar-refractivity contribution is 0.295. The highest BCUT2D eigenvalue weighted by Crippen LogP contribution is 2.47. The largest absolute Gasteiger partial charge is 0.492 e. The summed E-state index contributed by atoms with van der Waals surface area (Å²) in [4.78, 5) is 4.09. The van der Waals surface area contributed by atoms with Gasteiger partial charge in [-0.1, -0.05) is 30.3 Å². The minimum absolute atomic E-state index is 0.645. The van der Waals surface area contributed by atoms with Crippen LogP contribution in [0.25, 0.3) is 0 Å². The Balaban J connectivity index is 1.55. The van der Waals surface area contributed by atoms with Gasteiger partial charge in [-0.25, -0.2) is 0 Å². The summed E-state index contributed by atoms with van der Waals surface area (Å²) in [5.74, 6) is 2.15. The van der Waals surface area contributed by atoms with Gasteiger partial charge in [-0.2, -0.15) is 0 Å². The minimum Gasteiger partial charge on any atom is -0.492 e. The Bertz CT molecular complexity index is 529. The summed E-state index contributed by atoms with van der Waals surface area (Å²) in [6, 6.07) is 12.6. The maximum absolute atomic E-state index is 5.77. The van der Waals surface area contributed by atoms with Gasteiger partial charge in [-0.15, -0.1) is 0 Å². The molecule has 1 aromatic heterocycles. The van der Waals surface area contributed by atoms with Crippen LogP contribution in [-0.2, 0) is 0 Å². The van der Waals surface area contributed by atoms with Crippen molar-refractivity contribution in [3.63, 3.8) is 0 Å². The van der Waals surface area contributed by atoms with Crippen molar-refractivity contribution in [3.8, 4) is 5.75 Å². The van der Waals surface area contributed by atoms with E-state index < -0.39 is 0 Å². The SMILES string of the molecule is Brc1cncc(OC[C@@H]2C[C@H]2c2ccccc2)c1. The fourth-order valence-corrected chi connectivity index (χ4v) is 2.56. The van der Waals surface area contributed by atoms with Crippen LogP contribution in [0, 0.1) is 5.92 Å². The highest BCUT2D eigenvalue weighted by Gasteiger charge is 2.38. The smallest absolute Gasteiger partial charge is 0.138 e. The van der Waals surface area contributed by atoms with Gasteiger partial charge in [0.05, 0.1) is 12.8 Å². The molecule has 3 heteroatoms. The molecule has 0 aliphatic heterocycles. The summed E-state index contributed by atoms with van der Waals surface area (Å²) in [6.45, 7) is 0.775. The van der Waals surface area contributed by atoms with Gasteiger partial charge in [0.2, 0.25) is 0 Å². The Kier molecular flexibility index (Phi) is 3.33. The van der Waals surface area contributed by atoms with Crippen LogP contribution in [0.4, 0.5) is 0 Å². The number of hydrogen-bond donors (Lipinski definition) is 0. The average molecular weight is 304 g/mol. The van der Waals surface area contributed by atoms with Crippen LogP contribution in [0.3, 0.4) is 0 Å². The molecule has 1 saturated carbocycles. The molecular weight excluding hydrogens is 290 g/mol. The molecule has 0 saturated heterocycles. The Morgan fingerprint density at radius 3 is 2.83 bits per heavy atom. The van der Waals surface area contributed by atoms with E-state index in [1.165, 1.54) is 12.0 Å². The van der Waals surface area contributed by atoms with Crippen molar-refractivity contribution >= 4 is 15.9 Å². The quantitative estimate of drug-likeness (QED) is 0.851. The molecule has 0 radical (unpaired) electrons. The normalized spacial score (nSPS) is 21.6. The highest BCUT2D eigenvalue weighted by molar-refractivity contribution is 9.10. The molecule has 3 rings (SSSR count). The van der Waals surface area contributed by atoms with Crippen molar-refractivity contribution in [2.24, 2.45) is 5.92 Å². The maximum Gasteiger partial charge on any atom is 0.138 e. The number of pyridine rings is 1. The molecule has 0 bridgehead atoms. The Morgan fingerprint density at radius 2 is 2.06 bits per heavy atom. The number of halogens is 1. The van der Waals surface area contributed by atoms with Crippen molar-refractivity contribution in [1.29, 1.82) is 0 Å². The fraction of sp³-hybridized carbons (Fsp3) is 0.267. The average Bonchev–Trinajstić information content (AvgIpc) is 3.17. The molecule has 0 unspecified atom stereocenters. The van der Waals surface area contributed by atoms with Gasteiger partial charge in [-0.3, -0.25) is 4.98 Å². The van der Waals surface area contributed by atoms with E-state index in [1.54, 1.807) is 12.4 Å². The number of nitrogens with zero attached hydrogens (tertiary/aromatic N) is 1. The molecular formula is C15H14BrNO. The lowest BCUT2D eigenvalue weighted by Gasteiger charge is -2.05. The first-order valence-corrected chi connectivity index (χ1v) is 6.90. The van der Waals surface area contributed by atoms with Gasteiger partial charge >= 0.3 is 0 Å². The van der Waals surface area contributed by atoms with E-state index in [4.69, 9.17) is 4.74 Å². The summed E-state index contributed by atoms with van der Waals surface area (Å²) in [6.07, 6.45) is 4.74. The summed E-state index contributed by atoms with van der Waals surface area (Å²) in [5, 5.41) is 0. The molecule has 92 valence electrons. The van der Waals surface area contributed by atoms with Crippen molar-refractivity contribution in [2.45, 2.75) is 12.3 Å². The molecule has 0 amide bonds. The molecule has 2 aromatic rings.